The number of anilines is 2. The smallest absolute Gasteiger partial charge is 0.222 e. The zero-order valence-corrected chi connectivity index (χ0v) is 16.1. The highest BCUT2D eigenvalue weighted by molar-refractivity contribution is 5.51. The first kappa shape index (κ1) is 17.9. The van der Waals surface area contributed by atoms with Crippen molar-refractivity contribution in [2.24, 2.45) is 0 Å². The van der Waals surface area contributed by atoms with Crippen LogP contribution in [0.5, 0.6) is 11.5 Å². The predicted molar refractivity (Wildman–Crippen MR) is 104 cm³/mol. The molecule has 2 aliphatic rings. The molecule has 0 aliphatic carbocycles. The summed E-state index contributed by atoms with van der Waals surface area (Å²) in [6, 6.07) is 6.17. The van der Waals surface area contributed by atoms with E-state index >= 15 is 0 Å². The van der Waals surface area contributed by atoms with Crippen LogP contribution in [-0.2, 0) is 16.8 Å². The summed E-state index contributed by atoms with van der Waals surface area (Å²) < 4.78 is 17.4. The Morgan fingerprint density at radius 1 is 1.07 bits per heavy atom. The van der Waals surface area contributed by atoms with Crippen LogP contribution in [0, 0.1) is 6.92 Å². The van der Waals surface area contributed by atoms with E-state index in [2.05, 4.69) is 27.0 Å². The van der Waals surface area contributed by atoms with Gasteiger partial charge in [0.25, 0.3) is 0 Å². The maximum atomic E-state index is 6.36. The maximum absolute atomic E-state index is 6.36. The maximum Gasteiger partial charge on any atom is 0.222 e. The lowest BCUT2D eigenvalue weighted by molar-refractivity contribution is -0.0768. The fourth-order valence-corrected chi connectivity index (χ4v) is 4.23. The van der Waals surface area contributed by atoms with Gasteiger partial charge in [-0.3, -0.25) is 0 Å². The van der Waals surface area contributed by atoms with E-state index in [0.717, 1.165) is 62.0 Å². The Bertz CT molecular complexity index is 827. The van der Waals surface area contributed by atoms with Gasteiger partial charge in [0.1, 0.15) is 5.82 Å². The lowest BCUT2D eigenvalue weighted by atomic mass is 9.79. The van der Waals surface area contributed by atoms with Gasteiger partial charge >= 0.3 is 0 Å². The van der Waals surface area contributed by atoms with Gasteiger partial charge in [-0.25, -0.2) is 4.98 Å². The number of nitrogen functional groups attached to an aromatic ring is 1. The number of hydrogen-bond acceptors (Lipinski definition) is 7. The van der Waals surface area contributed by atoms with Crippen molar-refractivity contribution in [3.63, 3.8) is 0 Å². The molecule has 3 heterocycles. The third-order valence-electron chi connectivity index (χ3n) is 5.60. The van der Waals surface area contributed by atoms with Gasteiger partial charge in [0.05, 0.1) is 26.4 Å². The SMILES string of the molecule is COc1cc2c(cc1OC)C1(CCN(c3cc(C)nc(N)n3)CC1)OCC2. The van der Waals surface area contributed by atoms with Crippen molar-refractivity contribution in [3.8, 4) is 11.5 Å². The summed E-state index contributed by atoms with van der Waals surface area (Å²) in [7, 11) is 3.35. The average molecular weight is 370 g/mol. The summed E-state index contributed by atoms with van der Waals surface area (Å²) in [5.74, 6) is 2.74. The standard InChI is InChI=1S/C20H26N4O3/c1-13-10-18(23-19(21)22-13)24-7-5-20(6-8-24)15-12-17(26-3)16(25-2)11-14(15)4-9-27-20/h10-12H,4-9H2,1-3H3,(H2,21,22,23). The van der Waals surface area contributed by atoms with Crippen molar-refractivity contribution in [3.05, 3.63) is 35.0 Å². The van der Waals surface area contributed by atoms with Gasteiger partial charge in [-0.2, -0.15) is 4.98 Å². The molecule has 1 aromatic heterocycles. The van der Waals surface area contributed by atoms with Crippen LogP contribution in [0.3, 0.4) is 0 Å². The number of aromatic nitrogens is 2. The fraction of sp³-hybridized carbons (Fsp3) is 0.500. The number of nitrogens with zero attached hydrogens (tertiary/aromatic N) is 3. The number of ether oxygens (including phenoxy) is 3. The highest BCUT2D eigenvalue weighted by atomic mass is 16.5. The number of aryl methyl sites for hydroxylation is 1. The molecule has 0 unspecified atom stereocenters. The molecule has 1 spiro atoms. The van der Waals surface area contributed by atoms with Crippen molar-refractivity contribution < 1.29 is 14.2 Å². The van der Waals surface area contributed by atoms with E-state index in [1.54, 1.807) is 14.2 Å². The van der Waals surface area contributed by atoms with E-state index in [-0.39, 0.29) is 5.60 Å². The van der Waals surface area contributed by atoms with Crippen molar-refractivity contribution in [1.29, 1.82) is 0 Å². The van der Waals surface area contributed by atoms with Crippen LogP contribution in [0.25, 0.3) is 0 Å². The predicted octanol–water partition coefficient (Wildman–Crippen LogP) is 2.45. The molecule has 2 N–H and O–H groups in total. The second-order valence-corrected chi connectivity index (χ2v) is 7.17. The Labute approximate surface area is 159 Å². The molecule has 1 fully saturated rings. The number of hydrogen-bond donors (Lipinski definition) is 1. The monoisotopic (exact) mass is 370 g/mol. The van der Waals surface area contributed by atoms with Gasteiger partial charge in [-0.15, -0.1) is 0 Å². The Kier molecular flexibility index (Phi) is 4.55. The minimum Gasteiger partial charge on any atom is -0.493 e. The second kappa shape index (κ2) is 6.88. The van der Waals surface area contributed by atoms with E-state index < -0.39 is 0 Å². The van der Waals surface area contributed by atoms with E-state index in [9.17, 15) is 0 Å². The van der Waals surface area contributed by atoms with Crippen LogP contribution < -0.4 is 20.1 Å². The van der Waals surface area contributed by atoms with Crippen molar-refractivity contribution >= 4 is 11.8 Å². The van der Waals surface area contributed by atoms with Crippen LogP contribution in [0.4, 0.5) is 11.8 Å². The molecule has 2 aliphatic heterocycles. The van der Waals surface area contributed by atoms with Crippen LogP contribution in [-0.4, -0.2) is 43.9 Å². The summed E-state index contributed by atoms with van der Waals surface area (Å²) in [5, 5.41) is 0. The van der Waals surface area contributed by atoms with Gasteiger partial charge in [-0.05, 0) is 49.4 Å². The summed E-state index contributed by atoms with van der Waals surface area (Å²) in [6.45, 7) is 4.36. The molecule has 1 saturated heterocycles. The van der Waals surface area contributed by atoms with Crippen molar-refractivity contribution in [1.82, 2.24) is 9.97 Å². The van der Waals surface area contributed by atoms with E-state index in [1.165, 1.54) is 11.1 Å². The summed E-state index contributed by atoms with van der Waals surface area (Å²) >= 11 is 0. The highest BCUT2D eigenvalue weighted by Gasteiger charge is 2.41. The third kappa shape index (κ3) is 3.16. The number of methoxy groups -OCH3 is 2. The second-order valence-electron chi connectivity index (χ2n) is 7.17. The minimum absolute atomic E-state index is 0.281. The third-order valence-corrected chi connectivity index (χ3v) is 5.60. The first-order valence-electron chi connectivity index (χ1n) is 9.30. The zero-order chi connectivity index (χ0) is 19.0. The van der Waals surface area contributed by atoms with Crippen LogP contribution in [0.2, 0.25) is 0 Å². The van der Waals surface area contributed by atoms with E-state index in [0.29, 0.717) is 5.95 Å². The number of rotatable bonds is 3. The molecule has 0 radical (unpaired) electrons. The molecular formula is C20H26N4O3. The Morgan fingerprint density at radius 3 is 2.44 bits per heavy atom. The lowest BCUT2D eigenvalue weighted by Crippen LogP contribution is -2.47. The molecule has 7 nitrogen and oxygen atoms in total. The summed E-state index contributed by atoms with van der Waals surface area (Å²) in [4.78, 5) is 10.8. The topological polar surface area (TPSA) is 82.7 Å². The van der Waals surface area contributed by atoms with Crippen molar-refractivity contribution in [2.75, 3.05) is 44.5 Å². The number of fused-ring (bicyclic) bond motifs is 2. The number of benzene rings is 1. The molecule has 144 valence electrons. The molecule has 2 aromatic rings. The largest absolute Gasteiger partial charge is 0.493 e. The van der Waals surface area contributed by atoms with Crippen LogP contribution in [0.1, 0.15) is 29.7 Å². The Balaban J connectivity index is 1.62. The first-order valence-corrected chi connectivity index (χ1v) is 9.30. The lowest BCUT2D eigenvalue weighted by Gasteiger charge is -2.45. The quantitative estimate of drug-likeness (QED) is 0.888. The number of nitrogens with two attached hydrogens (primary N) is 1. The van der Waals surface area contributed by atoms with Crippen LogP contribution >= 0.6 is 0 Å². The van der Waals surface area contributed by atoms with Crippen LogP contribution in [0.15, 0.2) is 18.2 Å². The molecule has 0 saturated carbocycles. The van der Waals surface area contributed by atoms with E-state index in [1.807, 2.05) is 13.0 Å². The molecule has 4 rings (SSSR count). The van der Waals surface area contributed by atoms with Gasteiger partial charge in [0.2, 0.25) is 5.95 Å². The fourth-order valence-electron chi connectivity index (χ4n) is 4.23. The van der Waals surface area contributed by atoms with Gasteiger partial charge in [0.15, 0.2) is 11.5 Å². The summed E-state index contributed by atoms with van der Waals surface area (Å²) in [5.41, 5.74) is 8.94. The highest BCUT2D eigenvalue weighted by Crippen LogP contribution is 2.45. The van der Waals surface area contributed by atoms with Gasteiger partial charge in [0, 0.05) is 24.8 Å². The van der Waals surface area contributed by atoms with Crippen molar-refractivity contribution in [2.45, 2.75) is 31.8 Å². The van der Waals surface area contributed by atoms with Gasteiger partial charge < -0.3 is 24.8 Å². The molecule has 1 aromatic carbocycles. The van der Waals surface area contributed by atoms with E-state index in [4.69, 9.17) is 19.9 Å². The normalized spacial score (nSPS) is 18.3. The first-order chi connectivity index (χ1) is 13.0. The average Bonchev–Trinajstić information content (AvgIpc) is 2.67. The summed E-state index contributed by atoms with van der Waals surface area (Å²) in [6.07, 6.45) is 2.67. The molecular weight excluding hydrogens is 344 g/mol. The molecule has 7 heteroatoms. The molecule has 0 amide bonds. The molecule has 0 atom stereocenters. The molecule has 27 heavy (non-hydrogen) atoms. The number of piperidine rings is 1. The Morgan fingerprint density at radius 2 is 1.78 bits per heavy atom. The Hall–Kier alpha value is -2.54. The molecule has 0 bridgehead atoms. The minimum atomic E-state index is -0.281. The zero-order valence-electron chi connectivity index (χ0n) is 16.1. The van der Waals surface area contributed by atoms with Gasteiger partial charge in [-0.1, -0.05) is 0 Å².